The zero-order valence-corrected chi connectivity index (χ0v) is 15.2. The maximum absolute atomic E-state index is 12.0. The summed E-state index contributed by atoms with van der Waals surface area (Å²) in [5, 5.41) is 10.2. The van der Waals surface area contributed by atoms with Crippen molar-refractivity contribution in [2.45, 2.75) is 13.0 Å². The molecule has 1 amide bonds. The lowest BCUT2D eigenvalue weighted by Gasteiger charge is -2.34. The summed E-state index contributed by atoms with van der Waals surface area (Å²) in [6.45, 7) is 2.96. The maximum Gasteiger partial charge on any atom is 0.407 e. The van der Waals surface area contributed by atoms with E-state index in [4.69, 9.17) is 16.3 Å². The Kier molecular flexibility index (Phi) is 4.37. The number of rotatable bonds is 2. The van der Waals surface area contributed by atoms with Crippen molar-refractivity contribution in [3.05, 3.63) is 57.2 Å². The van der Waals surface area contributed by atoms with Crippen LogP contribution in [-0.4, -0.2) is 50.4 Å². The van der Waals surface area contributed by atoms with E-state index in [-0.39, 0.29) is 11.6 Å². The zero-order chi connectivity index (χ0) is 19.1. The average Bonchev–Trinajstić information content (AvgIpc) is 2.99. The Morgan fingerprint density at radius 2 is 2.22 bits per heavy atom. The number of carbonyl (C=O) groups is 1. The third-order valence-corrected chi connectivity index (χ3v) is 5.08. The summed E-state index contributed by atoms with van der Waals surface area (Å²) < 4.78 is 7.17. The van der Waals surface area contributed by atoms with Gasteiger partial charge in [-0.2, -0.15) is 0 Å². The highest BCUT2D eigenvalue weighted by Gasteiger charge is 2.29. The summed E-state index contributed by atoms with van der Waals surface area (Å²) in [4.78, 5) is 31.7. The van der Waals surface area contributed by atoms with Gasteiger partial charge in [0.05, 0.1) is 31.0 Å². The van der Waals surface area contributed by atoms with Crippen LogP contribution in [0.1, 0.15) is 17.2 Å². The molecular weight excluding hydrogens is 372 g/mol. The largest absolute Gasteiger partial charge is 0.465 e. The van der Waals surface area contributed by atoms with E-state index in [1.54, 1.807) is 10.6 Å². The van der Waals surface area contributed by atoms with Gasteiger partial charge in [0.15, 0.2) is 5.65 Å². The first-order valence-corrected chi connectivity index (χ1v) is 8.78. The molecule has 2 N–H and O–H groups in total. The van der Waals surface area contributed by atoms with Crippen LogP contribution in [0.15, 0.2) is 35.4 Å². The van der Waals surface area contributed by atoms with E-state index in [0.29, 0.717) is 35.9 Å². The number of morpholine rings is 1. The van der Waals surface area contributed by atoms with E-state index in [2.05, 4.69) is 9.97 Å². The second-order valence-electron chi connectivity index (χ2n) is 6.38. The van der Waals surface area contributed by atoms with Crippen molar-refractivity contribution in [2.24, 2.45) is 0 Å². The summed E-state index contributed by atoms with van der Waals surface area (Å²) >= 11 is 6.34. The third kappa shape index (κ3) is 2.96. The molecule has 0 saturated carbocycles. The molecule has 1 aromatic carbocycles. The van der Waals surface area contributed by atoms with E-state index in [0.717, 1.165) is 16.8 Å². The maximum atomic E-state index is 12.0. The quantitative estimate of drug-likeness (QED) is 0.703. The smallest absolute Gasteiger partial charge is 0.407 e. The van der Waals surface area contributed by atoms with Gasteiger partial charge < -0.3 is 14.8 Å². The molecule has 0 bridgehead atoms. The summed E-state index contributed by atoms with van der Waals surface area (Å²) in [6.07, 6.45) is 0.373. The minimum atomic E-state index is -0.963. The molecule has 4 rings (SSSR count). The predicted molar refractivity (Wildman–Crippen MR) is 99.7 cm³/mol. The molecule has 0 aliphatic carbocycles. The van der Waals surface area contributed by atoms with E-state index >= 15 is 0 Å². The Balaban J connectivity index is 1.79. The second kappa shape index (κ2) is 6.71. The van der Waals surface area contributed by atoms with Crippen molar-refractivity contribution in [3.63, 3.8) is 0 Å². The van der Waals surface area contributed by atoms with Gasteiger partial charge in [-0.25, -0.2) is 9.78 Å². The Morgan fingerprint density at radius 3 is 2.96 bits per heavy atom. The van der Waals surface area contributed by atoms with Crippen molar-refractivity contribution < 1.29 is 14.6 Å². The number of hydrogen-bond acceptors (Lipinski definition) is 4. The summed E-state index contributed by atoms with van der Waals surface area (Å²) in [6, 6.07) is 6.83. The number of ether oxygens (including phenoxy) is 1. The fourth-order valence-electron chi connectivity index (χ4n) is 3.50. The number of fused-ring (bicyclic) bond motifs is 1. The van der Waals surface area contributed by atoms with Gasteiger partial charge in [0, 0.05) is 12.2 Å². The first-order valence-electron chi connectivity index (χ1n) is 8.40. The first-order chi connectivity index (χ1) is 13.0. The lowest BCUT2D eigenvalue weighted by atomic mass is 9.99. The minimum absolute atomic E-state index is 0.259. The van der Waals surface area contributed by atoms with Crippen LogP contribution in [0, 0.1) is 6.92 Å². The van der Waals surface area contributed by atoms with Crippen molar-refractivity contribution in [2.75, 3.05) is 19.8 Å². The Labute approximate surface area is 159 Å². The monoisotopic (exact) mass is 388 g/mol. The Bertz CT molecular complexity index is 1090. The molecule has 2 aromatic heterocycles. The molecule has 1 unspecified atom stereocenters. The molecule has 0 radical (unpaired) electrons. The molecule has 1 atom stereocenters. The number of nitrogens with one attached hydrogen (secondary N) is 1. The van der Waals surface area contributed by atoms with Gasteiger partial charge in [-0.05, 0) is 36.2 Å². The number of amides is 1. The van der Waals surface area contributed by atoms with Gasteiger partial charge in [-0.1, -0.05) is 17.7 Å². The van der Waals surface area contributed by atoms with Gasteiger partial charge in [0.25, 0.3) is 5.56 Å². The van der Waals surface area contributed by atoms with Gasteiger partial charge in [-0.3, -0.25) is 14.3 Å². The molecule has 1 aliphatic heterocycles. The number of benzene rings is 1. The van der Waals surface area contributed by atoms with Gasteiger partial charge >= 0.3 is 6.09 Å². The van der Waals surface area contributed by atoms with Crippen LogP contribution in [-0.2, 0) is 4.74 Å². The van der Waals surface area contributed by atoms with Gasteiger partial charge in [0.1, 0.15) is 5.15 Å². The van der Waals surface area contributed by atoms with E-state index < -0.39 is 6.09 Å². The van der Waals surface area contributed by atoms with Gasteiger partial charge in [-0.15, -0.1) is 0 Å². The molecule has 3 aromatic rings. The summed E-state index contributed by atoms with van der Waals surface area (Å²) in [5.74, 6) is 0. The molecule has 8 nitrogen and oxygen atoms in total. The van der Waals surface area contributed by atoms with Crippen molar-refractivity contribution in [3.8, 4) is 5.69 Å². The lowest BCUT2D eigenvalue weighted by molar-refractivity contribution is -0.00108. The van der Waals surface area contributed by atoms with Crippen LogP contribution in [0.2, 0.25) is 5.15 Å². The highest BCUT2D eigenvalue weighted by molar-refractivity contribution is 6.31. The van der Waals surface area contributed by atoms with Crippen molar-refractivity contribution in [1.29, 1.82) is 0 Å². The molecule has 0 spiro atoms. The topological polar surface area (TPSA) is 100 Å². The Morgan fingerprint density at radius 1 is 1.41 bits per heavy atom. The van der Waals surface area contributed by atoms with Crippen LogP contribution < -0.4 is 5.56 Å². The number of halogens is 1. The summed E-state index contributed by atoms with van der Waals surface area (Å²) in [7, 11) is 0. The second-order valence-corrected chi connectivity index (χ2v) is 6.77. The standard InChI is InChI=1S/C18H17ClN4O4/c1-10-6-11(23-15(19)7-13-16(23)20-9-21-17(13)24)2-3-12(10)14-8-27-5-4-22(14)18(25)26/h2-3,6-7,9,14H,4-5,8H2,1H3,(H,25,26)(H,20,21,24). The lowest BCUT2D eigenvalue weighted by Crippen LogP contribution is -2.42. The Hall–Kier alpha value is -2.84. The highest BCUT2D eigenvalue weighted by atomic mass is 35.5. The number of aromatic amines is 1. The number of carboxylic acid groups (broad SMARTS) is 1. The van der Waals surface area contributed by atoms with Crippen molar-refractivity contribution >= 4 is 28.7 Å². The predicted octanol–water partition coefficient (Wildman–Crippen LogP) is 2.73. The molecule has 1 fully saturated rings. The zero-order valence-electron chi connectivity index (χ0n) is 14.5. The number of nitrogens with zero attached hydrogens (tertiary/aromatic N) is 3. The number of aromatic nitrogens is 3. The van der Waals surface area contributed by atoms with Gasteiger partial charge in [0.2, 0.25) is 0 Å². The molecular formula is C18H17ClN4O4. The highest BCUT2D eigenvalue weighted by Crippen LogP contribution is 2.30. The molecule has 27 heavy (non-hydrogen) atoms. The van der Waals surface area contributed by atoms with Crippen LogP contribution in [0.4, 0.5) is 4.79 Å². The van der Waals surface area contributed by atoms with Crippen LogP contribution in [0.5, 0.6) is 0 Å². The van der Waals surface area contributed by atoms with E-state index in [1.165, 1.54) is 11.2 Å². The first kappa shape index (κ1) is 17.6. The van der Waals surface area contributed by atoms with E-state index in [1.807, 2.05) is 25.1 Å². The molecule has 1 saturated heterocycles. The number of hydrogen-bond donors (Lipinski definition) is 2. The molecule has 1 aliphatic rings. The van der Waals surface area contributed by atoms with E-state index in [9.17, 15) is 14.7 Å². The fraction of sp³-hybridized carbons (Fsp3) is 0.278. The average molecular weight is 389 g/mol. The SMILES string of the molecule is Cc1cc(-n2c(Cl)cc3c(=O)[nH]cnc32)ccc1C1COCCN1C(=O)O. The molecule has 140 valence electrons. The normalized spacial score (nSPS) is 17.4. The fourth-order valence-corrected chi connectivity index (χ4v) is 3.79. The minimum Gasteiger partial charge on any atom is -0.465 e. The van der Waals surface area contributed by atoms with Crippen LogP contribution in [0.3, 0.4) is 0 Å². The third-order valence-electron chi connectivity index (χ3n) is 4.80. The van der Waals surface area contributed by atoms with Crippen LogP contribution >= 0.6 is 11.6 Å². The molecule has 3 heterocycles. The van der Waals surface area contributed by atoms with Crippen LogP contribution in [0.25, 0.3) is 16.7 Å². The number of H-pyrrole nitrogens is 1. The summed E-state index contributed by atoms with van der Waals surface area (Å²) in [5.41, 5.74) is 2.72. The van der Waals surface area contributed by atoms with Crippen molar-refractivity contribution in [1.82, 2.24) is 19.4 Å². The molecule has 9 heteroatoms. The number of aryl methyl sites for hydroxylation is 1.